The molecule has 1 aromatic heterocycles. The Morgan fingerprint density at radius 1 is 1.64 bits per heavy atom. The third kappa shape index (κ3) is 1.73. The SMILES string of the molecule is CCCOc1c(C)[c]nn1C. The number of aryl methyl sites for hydroxylation is 2. The lowest BCUT2D eigenvalue weighted by molar-refractivity contribution is 0.288. The van der Waals surface area contributed by atoms with Gasteiger partial charge in [0.2, 0.25) is 5.88 Å². The highest BCUT2D eigenvalue weighted by molar-refractivity contribution is 5.20. The molecule has 0 aromatic carbocycles. The minimum Gasteiger partial charge on any atom is -0.478 e. The van der Waals surface area contributed by atoms with Crippen molar-refractivity contribution in [1.29, 1.82) is 0 Å². The number of hydrogen-bond acceptors (Lipinski definition) is 2. The molecule has 3 nitrogen and oxygen atoms in total. The summed E-state index contributed by atoms with van der Waals surface area (Å²) in [7, 11) is 1.86. The van der Waals surface area contributed by atoms with Gasteiger partial charge in [-0.1, -0.05) is 6.92 Å². The van der Waals surface area contributed by atoms with Crippen LogP contribution in [0.4, 0.5) is 0 Å². The average Bonchev–Trinajstić information content (AvgIpc) is 2.29. The maximum atomic E-state index is 5.43. The number of hydrogen-bond donors (Lipinski definition) is 0. The van der Waals surface area contributed by atoms with Gasteiger partial charge in [0.25, 0.3) is 0 Å². The molecule has 0 aliphatic rings. The average molecular weight is 153 g/mol. The van der Waals surface area contributed by atoms with Gasteiger partial charge in [-0.2, -0.15) is 5.10 Å². The topological polar surface area (TPSA) is 27.1 Å². The highest BCUT2D eigenvalue weighted by atomic mass is 16.5. The standard InChI is InChI=1S/C8H13N2O/c1-4-5-11-8-7(2)6-9-10(8)3/h4-5H2,1-3H3. The van der Waals surface area contributed by atoms with Crippen LogP contribution in [0.15, 0.2) is 0 Å². The van der Waals surface area contributed by atoms with E-state index in [2.05, 4.69) is 18.2 Å². The minimum absolute atomic E-state index is 0.744. The first kappa shape index (κ1) is 8.11. The smallest absolute Gasteiger partial charge is 0.215 e. The van der Waals surface area contributed by atoms with Crippen LogP contribution in [0.2, 0.25) is 0 Å². The summed E-state index contributed by atoms with van der Waals surface area (Å²) in [5.41, 5.74) is 0.973. The summed E-state index contributed by atoms with van der Waals surface area (Å²) in [5.74, 6) is 0.826. The minimum atomic E-state index is 0.744. The molecule has 1 rings (SSSR count). The van der Waals surface area contributed by atoms with Crippen LogP contribution in [0.25, 0.3) is 0 Å². The van der Waals surface area contributed by atoms with Gasteiger partial charge in [-0.3, -0.25) is 0 Å². The second-order valence-electron chi connectivity index (χ2n) is 2.51. The molecule has 0 atom stereocenters. The predicted molar refractivity (Wildman–Crippen MR) is 42.6 cm³/mol. The molecule has 0 unspecified atom stereocenters. The summed E-state index contributed by atoms with van der Waals surface area (Å²) >= 11 is 0. The Balaban J connectivity index is 2.67. The number of nitrogens with zero attached hydrogens (tertiary/aromatic N) is 2. The molecule has 0 amide bonds. The normalized spacial score (nSPS) is 10.1. The molecule has 1 radical (unpaired) electrons. The molecular weight excluding hydrogens is 140 g/mol. The zero-order valence-electron chi connectivity index (χ0n) is 7.22. The molecule has 0 saturated heterocycles. The van der Waals surface area contributed by atoms with Gasteiger partial charge in [0, 0.05) is 12.6 Å². The van der Waals surface area contributed by atoms with E-state index in [-0.39, 0.29) is 0 Å². The first-order valence-corrected chi connectivity index (χ1v) is 3.79. The van der Waals surface area contributed by atoms with E-state index in [0.717, 1.165) is 24.5 Å². The van der Waals surface area contributed by atoms with E-state index in [1.165, 1.54) is 0 Å². The lowest BCUT2D eigenvalue weighted by Gasteiger charge is -2.04. The Hall–Kier alpha value is -0.990. The maximum Gasteiger partial charge on any atom is 0.215 e. The summed E-state index contributed by atoms with van der Waals surface area (Å²) in [6.45, 7) is 4.77. The van der Waals surface area contributed by atoms with E-state index in [0.29, 0.717) is 0 Å². The highest BCUT2D eigenvalue weighted by Gasteiger charge is 2.04. The zero-order valence-corrected chi connectivity index (χ0v) is 7.22. The third-order valence-electron chi connectivity index (χ3n) is 1.43. The molecule has 3 heteroatoms. The Morgan fingerprint density at radius 3 is 2.82 bits per heavy atom. The van der Waals surface area contributed by atoms with Crippen molar-refractivity contribution in [2.24, 2.45) is 7.05 Å². The molecule has 0 aliphatic carbocycles. The number of aromatic nitrogens is 2. The summed E-state index contributed by atoms with van der Waals surface area (Å²) in [5, 5.41) is 3.94. The van der Waals surface area contributed by atoms with E-state index < -0.39 is 0 Å². The second-order valence-corrected chi connectivity index (χ2v) is 2.51. The Bertz CT molecular complexity index is 210. The van der Waals surface area contributed by atoms with Crippen LogP contribution in [0.5, 0.6) is 5.88 Å². The Morgan fingerprint density at radius 2 is 2.36 bits per heavy atom. The van der Waals surface area contributed by atoms with Crippen LogP contribution in [0, 0.1) is 13.1 Å². The van der Waals surface area contributed by atoms with Gasteiger partial charge in [-0.25, -0.2) is 4.68 Å². The largest absolute Gasteiger partial charge is 0.478 e. The van der Waals surface area contributed by atoms with Crippen molar-refractivity contribution in [3.8, 4) is 5.88 Å². The number of ether oxygens (including phenoxy) is 1. The van der Waals surface area contributed by atoms with E-state index in [4.69, 9.17) is 4.74 Å². The third-order valence-corrected chi connectivity index (χ3v) is 1.43. The van der Waals surface area contributed by atoms with Crippen molar-refractivity contribution in [2.45, 2.75) is 20.3 Å². The molecule has 0 bridgehead atoms. The molecule has 0 N–H and O–H groups in total. The molecule has 11 heavy (non-hydrogen) atoms. The molecule has 1 aromatic rings. The molecule has 61 valence electrons. The predicted octanol–water partition coefficient (Wildman–Crippen LogP) is 1.32. The molecule has 1 heterocycles. The first-order chi connectivity index (χ1) is 5.25. The van der Waals surface area contributed by atoms with Gasteiger partial charge < -0.3 is 4.74 Å². The molecule has 0 fully saturated rings. The van der Waals surface area contributed by atoms with Gasteiger partial charge in [0.1, 0.15) is 6.20 Å². The van der Waals surface area contributed by atoms with Crippen LogP contribution in [0.1, 0.15) is 18.9 Å². The van der Waals surface area contributed by atoms with Crippen molar-refractivity contribution < 1.29 is 4.74 Å². The molecular formula is C8H13N2O. The van der Waals surface area contributed by atoms with Crippen LogP contribution < -0.4 is 4.74 Å². The Labute approximate surface area is 67.0 Å². The zero-order chi connectivity index (χ0) is 8.27. The van der Waals surface area contributed by atoms with Crippen LogP contribution in [-0.2, 0) is 7.05 Å². The van der Waals surface area contributed by atoms with Crippen molar-refractivity contribution in [1.82, 2.24) is 9.78 Å². The number of rotatable bonds is 3. The monoisotopic (exact) mass is 153 g/mol. The van der Waals surface area contributed by atoms with Gasteiger partial charge >= 0.3 is 0 Å². The summed E-state index contributed by atoms with van der Waals surface area (Å²) in [6, 6.07) is 0. The van der Waals surface area contributed by atoms with Gasteiger partial charge in [0.15, 0.2) is 0 Å². The van der Waals surface area contributed by atoms with Gasteiger partial charge in [-0.05, 0) is 13.3 Å². The summed E-state index contributed by atoms with van der Waals surface area (Å²) < 4.78 is 7.13. The van der Waals surface area contributed by atoms with Crippen molar-refractivity contribution >= 4 is 0 Å². The van der Waals surface area contributed by atoms with E-state index in [9.17, 15) is 0 Å². The summed E-state index contributed by atoms with van der Waals surface area (Å²) in [4.78, 5) is 0. The van der Waals surface area contributed by atoms with E-state index in [1.54, 1.807) is 4.68 Å². The molecule has 0 saturated carbocycles. The molecule has 0 spiro atoms. The van der Waals surface area contributed by atoms with Crippen LogP contribution in [0.3, 0.4) is 0 Å². The fourth-order valence-corrected chi connectivity index (χ4v) is 0.886. The first-order valence-electron chi connectivity index (χ1n) is 3.79. The quantitative estimate of drug-likeness (QED) is 0.654. The highest BCUT2D eigenvalue weighted by Crippen LogP contribution is 2.14. The molecule has 0 aliphatic heterocycles. The Kier molecular flexibility index (Phi) is 2.52. The van der Waals surface area contributed by atoms with E-state index in [1.807, 2.05) is 14.0 Å². The van der Waals surface area contributed by atoms with Gasteiger partial charge in [0.05, 0.1) is 6.61 Å². The fraction of sp³-hybridized carbons (Fsp3) is 0.625. The lowest BCUT2D eigenvalue weighted by atomic mass is 10.4. The fourth-order valence-electron chi connectivity index (χ4n) is 0.886. The van der Waals surface area contributed by atoms with Crippen molar-refractivity contribution in [3.63, 3.8) is 0 Å². The lowest BCUT2D eigenvalue weighted by Crippen LogP contribution is -2.01. The van der Waals surface area contributed by atoms with E-state index >= 15 is 0 Å². The van der Waals surface area contributed by atoms with Crippen molar-refractivity contribution in [3.05, 3.63) is 11.8 Å². The maximum absolute atomic E-state index is 5.43. The second kappa shape index (κ2) is 3.42. The van der Waals surface area contributed by atoms with Crippen LogP contribution in [-0.4, -0.2) is 16.4 Å². The van der Waals surface area contributed by atoms with Gasteiger partial charge in [-0.15, -0.1) is 0 Å². The summed E-state index contributed by atoms with van der Waals surface area (Å²) in [6.07, 6.45) is 3.85. The van der Waals surface area contributed by atoms with Crippen molar-refractivity contribution in [2.75, 3.05) is 6.61 Å². The van der Waals surface area contributed by atoms with Crippen LogP contribution >= 0.6 is 0 Å².